The summed E-state index contributed by atoms with van der Waals surface area (Å²) in [6.45, 7) is 2.03. The molecule has 0 aliphatic carbocycles. The molecule has 2 aromatic heterocycles. The van der Waals surface area contributed by atoms with Crippen molar-refractivity contribution in [2.75, 3.05) is 18.0 Å². The van der Waals surface area contributed by atoms with E-state index in [9.17, 15) is 4.79 Å². The van der Waals surface area contributed by atoms with Crippen LogP contribution in [-0.2, 0) is 11.3 Å². The zero-order chi connectivity index (χ0) is 21.9. The fourth-order valence-corrected chi connectivity index (χ4v) is 4.47. The molecule has 0 saturated carbocycles. The van der Waals surface area contributed by atoms with Crippen molar-refractivity contribution in [3.63, 3.8) is 0 Å². The number of carbonyl (C=O) groups excluding carboxylic acids is 1. The van der Waals surface area contributed by atoms with Crippen LogP contribution >= 0.6 is 11.6 Å². The number of fused-ring (bicyclic) bond motifs is 1. The quantitative estimate of drug-likeness (QED) is 0.487. The maximum Gasteiger partial charge on any atom is 0.223 e. The van der Waals surface area contributed by atoms with E-state index in [1.165, 1.54) is 5.39 Å². The number of hydrogen-bond donors (Lipinski definition) is 1. The molecule has 0 unspecified atom stereocenters. The second-order valence-corrected chi connectivity index (χ2v) is 8.46. The number of nitrogens with one attached hydrogen (secondary N) is 1. The number of piperidine rings is 1. The molecule has 4 aromatic rings. The Morgan fingerprint density at radius 1 is 1.00 bits per heavy atom. The van der Waals surface area contributed by atoms with Crippen molar-refractivity contribution in [2.24, 2.45) is 5.92 Å². The van der Waals surface area contributed by atoms with Crippen molar-refractivity contribution in [1.29, 1.82) is 0 Å². The highest BCUT2D eigenvalue weighted by molar-refractivity contribution is 6.31. The third kappa shape index (κ3) is 4.18. The van der Waals surface area contributed by atoms with E-state index < -0.39 is 0 Å². The molecule has 162 valence electrons. The van der Waals surface area contributed by atoms with E-state index in [4.69, 9.17) is 11.6 Å². The summed E-state index contributed by atoms with van der Waals surface area (Å²) in [5, 5.41) is 4.89. The number of anilines is 1. The van der Waals surface area contributed by atoms with Crippen molar-refractivity contribution < 1.29 is 4.79 Å². The van der Waals surface area contributed by atoms with Crippen molar-refractivity contribution in [3.8, 4) is 5.82 Å². The van der Waals surface area contributed by atoms with Gasteiger partial charge in [0.15, 0.2) is 0 Å². The molecule has 1 aliphatic rings. The summed E-state index contributed by atoms with van der Waals surface area (Å²) in [7, 11) is 0. The molecular formula is C25H24ClN5O. The molecule has 1 N–H and O–H groups in total. The first-order valence-electron chi connectivity index (χ1n) is 10.8. The Hall–Kier alpha value is -3.38. The van der Waals surface area contributed by atoms with Gasteiger partial charge in [-0.05, 0) is 42.0 Å². The number of para-hydroxylation sites is 1. The molecule has 1 saturated heterocycles. The predicted molar refractivity (Wildman–Crippen MR) is 127 cm³/mol. The largest absolute Gasteiger partial charge is 0.356 e. The van der Waals surface area contributed by atoms with E-state index in [0.717, 1.165) is 48.6 Å². The third-order valence-corrected chi connectivity index (χ3v) is 6.45. The molecule has 7 heteroatoms. The summed E-state index contributed by atoms with van der Waals surface area (Å²) in [6.07, 6.45) is 5.23. The number of amides is 1. The van der Waals surface area contributed by atoms with Crippen LogP contribution < -0.4 is 10.2 Å². The molecule has 1 fully saturated rings. The number of halogens is 1. The maximum absolute atomic E-state index is 12.7. The number of hydrogen-bond acceptors (Lipinski definition) is 4. The zero-order valence-corrected chi connectivity index (χ0v) is 18.4. The lowest BCUT2D eigenvalue weighted by atomic mass is 9.96. The highest BCUT2D eigenvalue weighted by Gasteiger charge is 2.26. The summed E-state index contributed by atoms with van der Waals surface area (Å²) in [5.74, 6) is 1.83. The van der Waals surface area contributed by atoms with Gasteiger partial charge in [0.05, 0.1) is 5.52 Å². The Morgan fingerprint density at radius 3 is 2.59 bits per heavy atom. The van der Waals surface area contributed by atoms with Crippen LogP contribution in [0.4, 0.5) is 5.82 Å². The van der Waals surface area contributed by atoms with Crippen molar-refractivity contribution in [3.05, 3.63) is 83.8 Å². The van der Waals surface area contributed by atoms with Gasteiger partial charge in [0.25, 0.3) is 0 Å². The molecule has 1 amide bonds. The molecule has 0 bridgehead atoms. The van der Waals surface area contributed by atoms with Gasteiger partial charge in [-0.15, -0.1) is 0 Å². The highest BCUT2D eigenvalue weighted by atomic mass is 35.5. The van der Waals surface area contributed by atoms with E-state index in [2.05, 4.69) is 43.0 Å². The van der Waals surface area contributed by atoms with E-state index in [1.54, 1.807) is 6.33 Å². The number of nitrogens with zero attached hydrogens (tertiary/aromatic N) is 4. The molecule has 2 aromatic carbocycles. The van der Waals surface area contributed by atoms with E-state index >= 15 is 0 Å². The van der Waals surface area contributed by atoms with Crippen LogP contribution in [0.25, 0.3) is 16.7 Å². The minimum Gasteiger partial charge on any atom is -0.356 e. The van der Waals surface area contributed by atoms with Crippen LogP contribution in [0.2, 0.25) is 5.02 Å². The Labute approximate surface area is 191 Å². The summed E-state index contributed by atoms with van der Waals surface area (Å²) in [4.78, 5) is 23.9. The standard InChI is InChI=1S/C25H24ClN5O/c26-21-7-3-1-6-20(21)16-27-25(32)19-9-12-30(13-10-19)23-15-24(29-17-28-23)31-14-11-18-5-2-4-8-22(18)31/h1-8,11,14-15,17,19H,9-10,12-13,16H2,(H,27,32). The lowest BCUT2D eigenvalue weighted by Gasteiger charge is -2.32. The molecule has 5 rings (SSSR count). The number of carbonyl (C=O) groups is 1. The van der Waals surface area contributed by atoms with Gasteiger partial charge >= 0.3 is 0 Å². The lowest BCUT2D eigenvalue weighted by Crippen LogP contribution is -2.40. The first kappa shape index (κ1) is 20.5. The first-order chi connectivity index (χ1) is 15.7. The van der Waals surface area contributed by atoms with Crippen molar-refractivity contribution in [1.82, 2.24) is 19.9 Å². The average molecular weight is 446 g/mol. The van der Waals surface area contributed by atoms with Gasteiger partial charge in [0.2, 0.25) is 5.91 Å². The average Bonchev–Trinajstić information content (AvgIpc) is 3.28. The van der Waals surface area contributed by atoms with Gasteiger partial charge in [-0.3, -0.25) is 4.79 Å². The molecule has 1 aliphatic heterocycles. The normalized spacial score (nSPS) is 14.6. The monoisotopic (exact) mass is 445 g/mol. The fourth-order valence-electron chi connectivity index (χ4n) is 4.26. The van der Waals surface area contributed by atoms with Gasteiger partial charge < -0.3 is 14.8 Å². The SMILES string of the molecule is O=C(NCc1ccccc1Cl)C1CCN(c2cc(-n3ccc4ccccc43)ncn2)CC1. The van der Waals surface area contributed by atoms with Crippen LogP contribution in [0.5, 0.6) is 0 Å². The van der Waals surface area contributed by atoms with Gasteiger partial charge in [0, 0.05) is 42.8 Å². The van der Waals surface area contributed by atoms with Crippen LogP contribution in [0.15, 0.2) is 73.2 Å². The maximum atomic E-state index is 12.7. The van der Waals surface area contributed by atoms with Crippen LogP contribution in [0, 0.1) is 5.92 Å². The second kappa shape index (κ2) is 9.01. The van der Waals surface area contributed by atoms with Gasteiger partial charge in [-0.1, -0.05) is 48.0 Å². The smallest absolute Gasteiger partial charge is 0.223 e. The lowest BCUT2D eigenvalue weighted by molar-refractivity contribution is -0.125. The van der Waals surface area contributed by atoms with Gasteiger partial charge in [-0.25, -0.2) is 9.97 Å². The number of rotatable bonds is 5. The minimum absolute atomic E-state index is 0.00318. The van der Waals surface area contributed by atoms with E-state index in [-0.39, 0.29) is 11.8 Å². The third-order valence-electron chi connectivity index (χ3n) is 6.09. The van der Waals surface area contributed by atoms with Crippen LogP contribution in [-0.4, -0.2) is 33.5 Å². The molecule has 32 heavy (non-hydrogen) atoms. The Morgan fingerprint density at radius 2 is 1.75 bits per heavy atom. The molecule has 6 nitrogen and oxygen atoms in total. The zero-order valence-electron chi connectivity index (χ0n) is 17.6. The second-order valence-electron chi connectivity index (χ2n) is 8.05. The first-order valence-corrected chi connectivity index (χ1v) is 11.2. The summed E-state index contributed by atoms with van der Waals surface area (Å²) < 4.78 is 2.08. The highest BCUT2D eigenvalue weighted by Crippen LogP contribution is 2.25. The number of aromatic nitrogens is 3. The van der Waals surface area contributed by atoms with Gasteiger partial charge in [0.1, 0.15) is 18.0 Å². The van der Waals surface area contributed by atoms with E-state index in [0.29, 0.717) is 11.6 Å². The predicted octanol–water partition coefficient (Wildman–Crippen LogP) is 4.61. The topological polar surface area (TPSA) is 63.1 Å². The molecule has 0 radical (unpaired) electrons. The summed E-state index contributed by atoms with van der Waals surface area (Å²) in [6, 6.07) is 19.9. The van der Waals surface area contributed by atoms with Crippen molar-refractivity contribution >= 4 is 34.2 Å². The van der Waals surface area contributed by atoms with E-state index in [1.807, 2.05) is 48.7 Å². The van der Waals surface area contributed by atoms with Crippen molar-refractivity contribution in [2.45, 2.75) is 19.4 Å². The van der Waals surface area contributed by atoms with Crippen LogP contribution in [0.3, 0.4) is 0 Å². The summed E-state index contributed by atoms with van der Waals surface area (Å²) >= 11 is 6.19. The van der Waals surface area contributed by atoms with Crippen LogP contribution in [0.1, 0.15) is 18.4 Å². The van der Waals surface area contributed by atoms with Gasteiger partial charge in [-0.2, -0.15) is 0 Å². The Balaban J connectivity index is 1.22. The Kier molecular flexibility index (Phi) is 5.77. The summed E-state index contributed by atoms with van der Waals surface area (Å²) in [5.41, 5.74) is 2.05. The Bertz CT molecular complexity index is 1250. The molecule has 3 heterocycles. The molecular weight excluding hydrogens is 422 g/mol. The fraction of sp³-hybridized carbons (Fsp3) is 0.240. The molecule has 0 spiro atoms. The molecule has 0 atom stereocenters. The number of benzene rings is 2. The minimum atomic E-state index is 0.00318.